The van der Waals surface area contributed by atoms with E-state index in [0.29, 0.717) is 5.69 Å². The molecular formula is C24H21F3N4O2. The number of amides is 1. The van der Waals surface area contributed by atoms with E-state index in [1.54, 1.807) is 43.3 Å². The number of pyridine rings is 1. The van der Waals surface area contributed by atoms with Crippen LogP contribution < -0.4 is 10.6 Å². The molecule has 9 heteroatoms. The summed E-state index contributed by atoms with van der Waals surface area (Å²) in [6.07, 6.45) is -2.81. The molecule has 2 aromatic carbocycles. The monoisotopic (exact) mass is 454 g/mol. The molecule has 170 valence electrons. The Labute approximate surface area is 188 Å². The number of nitrogens with zero attached hydrogens (tertiary/aromatic N) is 1. The summed E-state index contributed by atoms with van der Waals surface area (Å²) < 4.78 is 38.8. The first-order valence-electron chi connectivity index (χ1n) is 10.1. The van der Waals surface area contributed by atoms with E-state index in [2.05, 4.69) is 15.6 Å². The first-order valence-corrected chi connectivity index (χ1v) is 10.1. The Kier molecular flexibility index (Phi) is 7.22. The summed E-state index contributed by atoms with van der Waals surface area (Å²) in [5, 5.41) is 13.5. The summed E-state index contributed by atoms with van der Waals surface area (Å²) in [6, 6.07) is 14.3. The lowest BCUT2D eigenvalue weighted by atomic mass is 10.1. The van der Waals surface area contributed by atoms with Crippen molar-refractivity contribution in [2.75, 3.05) is 10.6 Å². The summed E-state index contributed by atoms with van der Waals surface area (Å²) in [5.41, 5.74) is 0.728. The van der Waals surface area contributed by atoms with E-state index in [9.17, 15) is 22.8 Å². The standard InChI is InChI=1S/C24H21F3N4O2/c1-2-21(32)22(28)20-12-15(10-11-29-20)14-30-19-9-4-3-8-18(19)23(33)31-17-7-5-6-16(13-17)24(25,26)27/h3-13,28,30H,2,14H2,1H3,(H,31,33). The summed E-state index contributed by atoms with van der Waals surface area (Å²) in [4.78, 5) is 28.6. The second-order valence-electron chi connectivity index (χ2n) is 7.13. The largest absolute Gasteiger partial charge is 0.416 e. The normalized spacial score (nSPS) is 11.0. The van der Waals surface area contributed by atoms with Gasteiger partial charge >= 0.3 is 6.18 Å². The second kappa shape index (κ2) is 10.1. The minimum absolute atomic E-state index is 0.0301. The number of rotatable bonds is 8. The van der Waals surface area contributed by atoms with Gasteiger partial charge in [0.05, 0.1) is 16.8 Å². The highest BCUT2D eigenvalue weighted by atomic mass is 19.4. The predicted octanol–water partition coefficient (Wildman–Crippen LogP) is 5.31. The molecule has 0 fully saturated rings. The Morgan fingerprint density at radius 2 is 1.79 bits per heavy atom. The number of hydrogen-bond acceptors (Lipinski definition) is 5. The molecule has 0 saturated carbocycles. The van der Waals surface area contributed by atoms with Crippen LogP contribution in [0, 0.1) is 5.41 Å². The SMILES string of the molecule is CCC(=O)C(=N)c1cc(CNc2ccccc2C(=O)Nc2cccc(C(F)(F)F)c2)ccn1. The maximum Gasteiger partial charge on any atom is 0.416 e. The quantitative estimate of drug-likeness (QED) is 0.402. The van der Waals surface area contributed by atoms with Crippen LogP contribution in [0.2, 0.25) is 0 Å². The van der Waals surface area contributed by atoms with Crippen LogP contribution >= 0.6 is 0 Å². The summed E-state index contributed by atoms with van der Waals surface area (Å²) in [5.74, 6) is -0.882. The third-order valence-electron chi connectivity index (χ3n) is 4.78. The van der Waals surface area contributed by atoms with Crippen molar-refractivity contribution in [2.24, 2.45) is 0 Å². The Morgan fingerprint density at radius 3 is 2.52 bits per heavy atom. The molecule has 1 amide bonds. The Morgan fingerprint density at radius 1 is 1.03 bits per heavy atom. The van der Waals surface area contributed by atoms with Gasteiger partial charge in [0.15, 0.2) is 5.78 Å². The number of ketones is 1. The number of aromatic nitrogens is 1. The number of para-hydroxylation sites is 1. The van der Waals surface area contributed by atoms with Gasteiger partial charge in [-0.2, -0.15) is 13.2 Å². The highest BCUT2D eigenvalue weighted by Crippen LogP contribution is 2.31. The Bertz CT molecular complexity index is 1190. The maximum atomic E-state index is 12.9. The van der Waals surface area contributed by atoms with Gasteiger partial charge in [-0.25, -0.2) is 0 Å². The van der Waals surface area contributed by atoms with Crippen molar-refractivity contribution in [2.45, 2.75) is 26.1 Å². The first-order chi connectivity index (χ1) is 15.7. The van der Waals surface area contributed by atoms with Crippen molar-refractivity contribution < 1.29 is 22.8 Å². The fraction of sp³-hybridized carbons (Fsp3) is 0.167. The molecule has 3 rings (SSSR count). The molecule has 0 atom stereocenters. The molecule has 6 nitrogen and oxygen atoms in total. The fourth-order valence-electron chi connectivity index (χ4n) is 3.04. The third-order valence-corrected chi connectivity index (χ3v) is 4.78. The molecule has 33 heavy (non-hydrogen) atoms. The van der Waals surface area contributed by atoms with Gasteiger partial charge < -0.3 is 10.6 Å². The molecule has 0 spiro atoms. The number of halogens is 3. The maximum absolute atomic E-state index is 12.9. The van der Waals surface area contributed by atoms with E-state index in [0.717, 1.165) is 17.7 Å². The van der Waals surface area contributed by atoms with E-state index in [4.69, 9.17) is 5.41 Å². The average molecular weight is 454 g/mol. The third kappa shape index (κ3) is 6.03. The van der Waals surface area contributed by atoms with Gasteiger partial charge in [0, 0.05) is 30.5 Å². The molecule has 3 aromatic rings. The van der Waals surface area contributed by atoms with Crippen molar-refractivity contribution in [3.05, 3.63) is 89.2 Å². The van der Waals surface area contributed by atoms with Crippen LogP contribution in [-0.2, 0) is 17.5 Å². The molecule has 1 heterocycles. The Hall–Kier alpha value is -4.01. The van der Waals surface area contributed by atoms with Gasteiger partial charge in [-0.05, 0) is 48.0 Å². The average Bonchev–Trinajstić information content (AvgIpc) is 2.81. The van der Waals surface area contributed by atoms with E-state index < -0.39 is 17.6 Å². The molecule has 0 aliphatic carbocycles. The summed E-state index contributed by atoms with van der Waals surface area (Å²) >= 11 is 0. The Balaban J connectivity index is 1.74. The molecule has 0 unspecified atom stereocenters. The van der Waals surface area contributed by atoms with Crippen LogP contribution in [0.25, 0.3) is 0 Å². The van der Waals surface area contributed by atoms with Crippen LogP contribution in [0.15, 0.2) is 66.9 Å². The lowest BCUT2D eigenvalue weighted by molar-refractivity contribution is -0.137. The van der Waals surface area contributed by atoms with Crippen molar-refractivity contribution in [1.29, 1.82) is 5.41 Å². The van der Waals surface area contributed by atoms with Gasteiger partial charge in [0.1, 0.15) is 5.71 Å². The zero-order valence-corrected chi connectivity index (χ0v) is 17.7. The highest BCUT2D eigenvalue weighted by molar-refractivity contribution is 6.44. The number of benzene rings is 2. The highest BCUT2D eigenvalue weighted by Gasteiger charge is 2.30. The topological polar surface area (TPSA) is 94.9 Å². The minimum atomic E-state index is -4.51. The lowest BCUT2D eigenvalue weighted by Crippen LogP contribution is -2.16. The molecule has 0 aliphatic heterocycles. The van der Waals surface area contributed by atoms with Crippen LogP contribution in [0.1, 0.15) is 40.5 Å². The number of hydrogen-bond donors (Lipinski definition) is 3. The zero-order chi connectivity index (χ0) is 24.0. The van der Waals surface area contributed by atoms with Crippen LogP contribution in [0.4, 0.5) is 24.5 Å². The van der Waals surface area contributed by atoms with Crippen LogP contribution in [0.3, 0.4) is 0 Å². The molecular weight excluding hydrogens is 433 g/mol. The van der Waals surface area contributed by atoms with Crippen LogP contribution in [-0.4, -0.2) is 22.4 Å². The molecule has 0 saturated heterocycles. The smallest absolute Gasteiger partial charge is 0.380 e. The summed E-state index contributed by atoms with van der Waals surface area (Å²) in [7, 11) is 0. The fourth-order valence-corrected chi connectivity index (χ4v) is 3.04. The van der Waals surface area contributed by atoms with Crippen molar-refractivity contribution in [3.8, 4) is 0 Å². The number of carbonyl (C=O) groups excluding carboxylic acids is 2. The van der Waals surface area contributed by atoms with Gasteiger partial charge in [-0.1, -0.05) is 25.1 Å². The van der Waals surface area contributed by atoms with Crippen LogP contribution in [0.5, 0.6) is 0 Å². The van der Waals surface area contributed by atoms with Gasteiger partial charge in [-0.3, -0.25) is 20.0 Å². The number of alkyl halides is 3. The van der Waals surface area contributed by atoms with Crippen molar-refractivity contribution in [3.63, 3.8) is 0 Å². The van der Waals surface area contributed by atoms with Crippen molar-refractivity contribution in [1.82, 2.24) is 4.98 Å². The predicted molar refractivity (Wildman–Crippen MR) is 120 cm³/mol. The number of Topliss-reactive ketones (excluding diaryl/α,β-unsaturated/α-hetero) is 1. The number of nitrogens with one attached hydrogen (secondary N) is 3. The molecule has 1 aromatic heterocycles. The van der Waals surface area contributed by atoms with E-state index in [-0.39, 0.29) is 41.4 Å². The minimum Gasteiger partial charge on any atom is -0.380 e. The van der Waals surface area contributed by atoms with Gasteiger partial charge in [-0.15, -0.1) is 0 Å². The molecule has 3 N–H and O–H groups in total. The van der Waals surface area contributed by atoms with Gasteiger partial charge in [0.25, 0.3) is 5.91 Å². The zero-order valence-electron chi connectivity index (χ0n) is 17.7. The van der Waals surface area contributed by atoms with Gasteiger partial charge in [0.2, 0.25) is 0 Å². The molecule has 0 aliphatic rings. The molecule has 0 bridgehead atoms. The summed E-state index contributed by atoms with van der Waals surface area (Å²) in [6.45, 7) is 1.95. The van der Waals surface area contributed by atoms with E-state index >= 15 is 0 Å². The lowest BCUT2D eigenvalue weighted by Gasteiger charge is -2.14. The van der Waals surface area contributed by atoms with E-state index in [1.807, 2.05) is 0 Å². The second-order valence-corrected chi connectivity index (χ2v) is 7.13. The number of carbonyl (C=O) groups is 2. The molecule has 0 radical (unpaired) electrons. The number of anilines is 2. The van der Waals surface area contributed by atoms with E-state index in [1.165, 1.54) is 18.3 Å². The van der Waals surface area contributed by atoms with Crippen molar-refractivity contribution >= 4 is 28.8 Å². The first kappa shape index (κ1) is 23.6.